The van der Waals surface area contributed by atoms with Gasteiger partial charge in [-0.25, -0.2) is 4.98 Å². The molecule has 0 bridgehead atoms. The van der Waals surface area contributed by atoms with E-state index in [0.29, 0.717) is 17.1 Å². The smallest absolute Gasteiger partial charge is 0.256 e. The number of methoxy groups -OCH3 is 1. The minimum atomic E-state index is -0.316. The second-order valence-electron chi connectivity index (χ2n) is 5.46. The Morgan fingerprint density at radius 1 is 1.33 bits per heavy atom. The van der Waals surface area contributed by atoms with Crippen LogP contribution in [0.25, 0.3) is 0 Å². The van der Waals surface area contributed by atoms with Gasteiger partial charge in [0.2, 0.25) is 5.91 Å². The SMILES string of the molecule is COCC(=O)Nc1ccc([C@H]2NC(=O)c3cccnc3N2C)cc1. The Kier molecular flexibility index (Phi) is 4.43. The number of nitrogens with one attached hydrogen (secondary N) is 2. The van der Waals surface area contributed by atoms with E-state index < -0.39 is 0 Å². The minimum Gasteiger partial charge on any atom is -0.375 e. The van der Waals surface area contributed by atoms with E-state index in [0.717, 1.165) is 5.56 Å². The highest BCUT2D eigenvalue weighted by molar-refractivity contribution is 6.01. The van der Waals surface area contributed by atoms with E-state index in [-0.39, 0.29) is 24.6 Å². The molecule has 0 radical (unpaired) electrons. The fourth-order valence-electron chi connectivity index (χ4n) is 2.66. The maximum absolute atomic E-state index is 12.3. The number of nitrogens with zero attached hydrogens (tertiary/aromatic N) is 2. The first-order valence-corrected chi connectivity index (χ1v) is 7.47. The van der Waals surface area contributed by atoms with Gasteiger partial charge >= 0.3 is 0 Å². The molecule has 0 spiro atoms. The van der Waals surface area contributed by atoms with Crippen LogP contribution >= 0.6 is 0 Å². The summed E-state index contributed by atoms with van der Waals surface area (Å²) in [5.41, 5.74) is 2.12. The number of anilines is 2. The van der Waals surface area contributed by atoms with E-state index in [1.54, 1.807) is 30.5 Å². The zero-order valence-electron chi connectivity index (χ0n) is 13.4. The summed E-state index contributed by atoms with van der Waals surface area (Å²) in [6.07, 6.45) is 1.35. The van der Waals surface area contributed by atoms with Crippen LogP contribution in [-0.2, 0) is 9.53 Å². The van der Waals surface area contributed by atoms with Gasteiger partial charge in [0.25, 0.3) is 5.91 Å². The summed E-state index contributed by atoms with van der Waals surface area (Å²) in [5, 5.41) is 5.69. The van der Waals surface area contributed by atoms with Crippen molar-refractivity contribution in [1.29, 1.82) is 0 Å². The number of ether oxygens (including phenoxy) is 1. The summed E-state index contributed by atoms with van der Waals surface area (Å²) in [7, 11) is 3.35. The highest BCUT2D eigenvalue weighted by Gasteiger charge is 2.30. The average molecular weight is 326 g/mol. The number of benzene rings is 1. The summed E-state index contributed by atoms with van der Waals surface area (Å²) in [6.45, 7) is 0.00558. The second kappa shape index (κ2) is 6.67. The molecule has 124 valence electrons. The quantitative estimate of drug-likeness (QED) is 0.890. The van der Waals surface area contributed by atoms with Crippen LogP contribution in [0, 0.1) is 0 Å². The molecule has 2 heterocycles. The van der Waals surface area contributed by atoms with Crippen LogP contribution in [0.2, 0.25) is 0 Å². The van der Waals surface area contributed by atoms with Crippen molar-refractivity contribution in [2.75, 3.05) is 31.0 Å². The molecule has 0 saturated carbocycles. The van der Waals surface area contributed by atoms with Crippen molar-refractivity contribution in [2.45, 2.75) is 6.17 Å². The van der Waals surface area contributed by atoms with Gasteiger partial charge in [-0.3, -0.25) is 9.59 Å². The van der Waals surface area contributed by atoms with Crippen molar-refractivity contribution in [1.82, 2.24) is 10.3 Å². The van der Waals surface area contributed by atoms with E-state index in [1.807, 2.05) is 24.1 Å². The Labute approximate surface area is 139 Å². The molecule has 2 amide bonds. The zero-order chi connectivity index (χ0) is 17.1. The van der Waals surface area contributed by atoms with Crippen LogP contribution in [0.15, 0.2) is 42.6 Å². The van der Waals surface area contributed by atoms with Crippen molar-refractivity contribution in [3.05, 3.63) is 53.7 Å². The van der Waals surface area contributed by atoms with Gasteiger partial charge < -0.3 is 20.3 Å². The lowest BCUT2D eigenvalue weighted by atomic mass is 10.1. The van der Waals surface area contributed by atoms with Gasteiger partial charge in [-0.2, -0.15) is 0 Å². The van der Waals surface area contributed by atoms with E-state index >= 15 is 0 Å². The summed E-state index contributed by atoms with van der Waals surface area (Å²) in [6, 6.07) is 10.8. The third-order valence-corrected chi connectivity index (χ3v) is 3.81. The van der Waals surface area contributed by atoms with Gasteiger partial charge in [0, 0.05) is 26.0 Å². The largest absolute Gasteiger partial charge is 0.375 e. The van der Waals surface area contributed by atoms with Crippen LogP contribution in [0.4, 0.5) is 11.5 Å². The van der Waals surface area contributed by atoms with Gasteiger partial charge in [-0.05, 0) is 29.8 Å². The van der Waals surface area contributed by atoms with Crippen molar-refractivity contribution in [2.24, 2.45) is 0 Å². The molecule has 1 aliphatic rings. The summed E-state index contributed by atoms with van der Waals surface area (Å²) in [4.78, 5) is 30.0. The molecule has 0 aliphatic carbocycles. The summed E-state index contributed by atoms with van der Waals surface area (Å²) < 4.78 is 4.78. The molecule has 24 heavy (non-hydrogen) atoms. The molecule has 0 saturated heterocycles. The van der Waals surface area contributed by atoms with Crippen LogP contribution in [0.3, 0.4) is 0 Å². The van der Waals surface area contributed by atoms with Crippen LogP contribution < -0.4 is 15.5 Å². The van der Waals surface area contributed by atoms with E-state index in [1.165, 1.54) is 7.11 Å². The number of carbonyl (C=O) groups excluding carboxylic acids is 2. The monoisotopic (exact) mass is 326 g/mol. The van der Waals surface area contributed by atoms with Crippen molar-refractivity contribution < 1.29 is 14.3 Å². The molecule has 3 rings (SSSR count). The molecule has 1 aromatic carbocycles. The van der Waals surface area contributed by atoms with Crippen molar-refractivity contribution in [3.63, 3.8) is 0 Å². The lowest BCUT2D eigenvalue weighted by Crippen LogP contribution is -2.45. The Morgan fingerprint density at radius 2 is 2.08 bits per heavy atom. The summed E-state index contributed by atoms with van der Waals surface area (Å²) >= 11 is 0. The average Bonchev–Trinajstić information content (AvgIpc) is 2.59. The van der Waals surface area contributed by atoms with E-state index in [2.05, 4.69) is 15.6 Å². The third kappa shape index (κ3) is 3.07. The molecule has 1 aromatic heterocycles. The molecule has 0 fully saturated rings. The molecular weight excluding hydrogens is 308 g/mol. The molecule has 2 N–H and O–H groups in total. The highest BCUT2D eigenvalue weighted by Crippen LogP contribution is 2.30. The number of aromatic nitrogens is 1. The van der Waals surface area contributed by atoms with Crippen molar-refractivity contribution >= 4 is 23.3 Å². The Balaban J connectivity index is 1.80. The Hall–Kier alpha value is -2.93. The van der Waals surface area contributed by atoms with Gasteiger partial charge in [0.15, 0.2) is 0 Å². The molecule has 1 aliphatic heterocycles. The predicted molar refractivity (Wildman–Crippen MR) is 89.8 cm³/mol. The molecule has 7 heteroatoms. The molecule has 2 aromatic rings. The zero-order valence-corrected chi connectivity index (χ0v) is 13.4. The molecule has 1 atom stereocenters. The Morgan fingerprint density at radius 3 is 2.79 bits per heavy atom. The number of amides is 2. The summed E-state index contributed by atoms with van der Waals surface area (Å²) in [5.74, 6) is 0.272. The lowest BCUT2D eigenvalue weighted by molar-refractivity contribution is -0.119. The second-order valence-corrected chi connectivity index (χ2v) is 5.46. The standard InChI is InChI=1S/C17H18N4O3/c1-21-15(20-17(23)13-4-3-9-18-16(13)21)11-5-7-12(8-6-11)19-14(22)10-24-2/h3-9,15H,10H2,1-2H3,(H,19,22)(H,20,23)/t15-/m0/s1. The highest BCUT2D eigenvalue weighted by atomic mass is 16.5. The number of pyridine rings is 1. The topological polar surface area (TPSA) is 83.6 Å². The van der Waals surface area contributed by atoms with E-state index in [4.69, 9.17) is 4.74 Å². The molecular formula is C17H18N4O3. The lowest BCUT2D eigenvalue weighted by Gasteiger charge is -2.35. The van der Waals surface area contributed by atoms with Crippen LogP contribution in [0.1, 0.15) is 22.1 Å². The fraction of sp³-hybridized carbons (Fsp3) is 0.235. The van der Waals surface area contributed by atoms with Gasteiger partial charge in [0.1, 0.15) is 18.6 Å². The van der Waals surface area contributed by atoms with Gasteiger partial charge in [0.05, 0.1) is 5.56 Å². The van der Waals surface area contributed by atoms with Crippen LogP contribution in [0.5, 0.6) is 0 Å². The minimum absolute atomic E-state index is 0.00558. The van der Waals surface area contributed by atoms with Gasteiger partial charge in [-0.15, -0.1) is 0 Å². The predicted octanol–water partition coefficient (Wildman–Crippen LogP) is 1.54. The number of rotatable bonds is 4. The normalized spacial score (nSPS) is 16.3. The first-order chi connectivity index (χ1) is 11.6. The number of carbonyl (C=O) groups is 2. The van der Waals surface area contributed by atoms with Crippen molar-refractivity contribution in [3.8, 4) is 0 Å². The first-order valence-electron chi connectivity index (χ1n) is 7.47. The molecule has 7 nitrogen and oxygen atoms in total. The van der Waals surface area contributed by atoms with Crippen LogP contribution in [-0.4, -0.2) is 37.6 Å². The third-order valence-electron chi connectivity index (χ3n) is 3.81. The maximum Gasteiger partial charge on any atom is 0.256 e. The van der Waals surface area contributed by atoms with Gasteiger partial charge in [-0.1, -0.05) is 12.1 Å². The Bertz CT molecular complexity index is 761. The fourth-order valence-corrected chi connectivity index (χ4v) is 2.66. The number of hydrogen-bond donors (Lipinski definition) is 2. The van der Waals surface area contributed by atoms with E-state index in [9.17, 15) is 9.59 Å². The maximum atomic E-state index is 12.3. The first kappa shape index (κ1) is 15.9. The molecule has 0 unspecified atom stereocenters. The number of fused-ring (bicyclic) bond motifs is 1. The number of hydrogen-bond acceptors (Lipinski definition) is 5.